The summed E-state index contributed by atoms with van der Waals surface area (Å²) in [6.45, 7) is 5.09. The molecule has 0 bridgehead atoms. The second-order valence-electron chi connectivity index (χ2n) is 7.23. The number of carbonyl (C=O) groups is 1. The Morgan fingerprint density at radius 2 is 1.76 bits per heavy atom. The van der Waals surface area contributed by atoms with Crippen molar-refractivity contribution >= 4 is 16.1 Å². The zero-order valence-electron chi connectivity index (χ0n) is 16.7. The largest absolute Gasteiger partial charge is 0.338 e. The van der Waals surface area contributed by atoms with Gasteiger partial charge in [-0.25, -0.2) is 17.6 Å². The minimum absolute atomic E-state index is 0.246. The van der Waals surface area contributed by atoms with Crippen molar-refractivity contribution in [3.05, 3.63) is 65.0 Å². The number of piperazine rings is 1. The average molecular weight is 420 g/mol. The molecule has 2 amide bonds. The van der Waals surface area contributed by atoms with Gasteiger partial charge in [-0.15, -0.1) is 0 Å². The molecule has 0 saturated carbocycles. The summed E-state index contributed by atoms with van der Waals surface area (Å²) in [4.78, 5) is 14.3. The van der Waals surface area contributed by atoms with Gasteiger partial charge in [-0.2, -0.15) is 4.31 Å². The molecule has 1 heterocycles. The maximum absolute atomic E-state index is 13.6. The zero-order chi connectivity index (χ0) is 21.0. The third kappa shape index (κ3) is 4.94. The third-order valence-corrected chi connectivity index (χ3v) is 7.16. The van der Waals surface area contributed by atoms with Gasteiger partial charge < -0.3 is 10.2 Å². The lowest BCUT2D eigenvalue weighted by Crippen LogP contribution is -2.53. The number of carbonyl (C=O) groups excluding carboxylic acids is 1. The number of hydrogen-bond acceptors (Lipinski definition) is 3. The summed E-state index contributed by atoms with van der Waals surface area (Å²) in [6, 6.07) is 11.6. The molecule has 156 valence electrons. The number of aryl methyl sites for hydroxylation is 2. The predicted molar refractivity (Wildman–Crippen MR) is 110 cm³/mol. The van der Waals surface area contributed by atoms with Crippen LogP contribution in [0.25, 0.3) is 0 Å². The number of halogens is 1. The lowest BCUT2D eigenvalue weighted by molar-refractivity contribution is 0.172. The first-order valence-electron chi connectivity index (χ1n) is 9.62. The van der Waals surface area contributed by atoms with E-state index in [1.807, 2.05) is 19.1 Å². The molecule has 1 aliphatic rings. The van der Waals surface area contributed by atoms with Gasteiger partial charge in [0.05, 0.1) is 4.90 Å². The van der Waals surface area contributed by atoms with Gasteiger partial charge in [0, 0.05) is 32.7 Å². The molecule has 3 rings (SSSR count). The zero-order valence-corrected chi connectivity index (χ0v) is 17.5. The van der Waals surface area contributed by atoms with E-state index >= 15 is 0 Å². The number of amides is 2. The first-order chi connectivity index (χ1) is 13.8. The molecule has 0 aliphatic carbocycles. The van der Waals surface area contributed by atoms with Crippen LogP contribution in [0.3, 0.4) is 0 Å². The van der Waals surface area contributed by atoms with Crippen molar-refractivity contribution in [2.24, 2.45) is 0 Å². The Balaban J connectivity index is 1.54. The molecule has 0 aromatic heterocycles. The van der Waals surface area contributed by atoms with Gasteiger partial charge in [0.2, 0.25) is 10.0 Å². The quantitative estimate of drug-likeness (QED) is 0.810. The van der Waals surface area contributed by atoms with E-state index < -0.39 is 10.0 Å². The molecule has 6 nitrogen and oxygen atoms in total. The normalized spacial score (nSPS) is 15.3. The van der Waals surface area contributed by atoms with Gasteiger partial charge in [0.25, 0.3) is 0 Å². The van der Waals surface area contributed by atoms with Crippen LogP contribution in [0.4, 0.5) is 9.18 Å². The molecule has 0 atom stereocenters. The summed E-state index contributed by atoms with van der Waals surface area (Å²) in [5.41, 5.74) is 2.16. The molecule has 29 heavy (non-hydrogen) atoms. The lowest BCUT2D eigenvalue weighted by Gasteiger charge is -2.34. The lowest BCUT2D eigenvalue weighted by atomic mass is 10.1. The number of benzene rings is 2. The molecule has 2 aromatic rings. The third-order valence-electron chi connectivity index (χ3n) is 5.12. The minimum atomic E-state index is -3.59. The van der Waals surface area contributed by atoms with Crippen LogP contribution in [0.2, 0.25) is 0 Å². The first-order valence-corrected chi connectivity index (χ1v) is 11.1. The molecule has 0 unspecified atom stereocenters. The summed E-state index contributed by atoms with van der Waals surface area (Å²) >= 11 is 0. The van der Waals surface area contributed by atoms with Crippen molar-refractivity contribution in [3.8, 4) is 0 Å². The maximum Gasteiger partial charge on any atom is 0.317 e. The van der Waals surface area contributed by atoms with Crippen LogP contribution in [0.5, 0.6) is 0 Å². The minimum Gasteiger partial charge on any atom is -0.338 e. The fraction of sp³-hybridized carbons (Fsp3) is 0.381. The average Bonchev–Trinajstić information content (AvgIpc) is 2.71. The second kappa shape index (κ2) is 8.92. The van der Waals surface area contributed by atoms with E-state index in [0.29, 0.717) is 42.1 Å². The molecule has 8 heteroatoms. The summed E-state index contributed by atoms with van der Waals surface area (Å²) in [5, 5.41) is 2.78. The van der Waals surface area contributed by atoms with Crippen molar-refractivity contribution in [2.45, 2.75) is 25.2 Å². The van der Waals surface area contributed by atoms with E-state index in [4.69, 9.17) is 0 Å². The number of sulfonamides is 1. The summed E-state index contributed by atoms with van der Waals surface area (Å²) in [6.07, 6.45) is 0.402. The van der Waals surface area contributed by atoms with Crippen LogP contribution < -0.4 is 5.32 Å². The van der Waals surface area contributed by atoms with E-state index in [9.17, 15) is 17.6 Å². The standard InChI is InChI=1S/C21H26FN3O3S/c1-16-7-8-17(2)20(15-16)29(27,28)25-13-11-24(12-14-25)21(26)23-10-9-18-5-3-4-6-19(18)22/h3-8,15H,9-14H2,1-2H3,(H,23,26). The number of rotatable bonds is 5. The SMILES string of the molecule is Cc1ccc(C)c(S(=O)(=O)N2CCN(C(=O)NCCc3ccccc3F)CC2)c1. The van der Waals surface area contributed by atoms with Gasteiger partial charge in [0.1, 0.15) is 5.82 Å². The Bertz CT molecular complexity index is 986. The molecule has 1 N–H and O–H groups in total. The smallest absolute Gasteiger partial charge is 0.317 e. The van der Waals surface area contributed by atoms with E-state index in [1.165, 1.54) is 10.4 Å². The number of nitrogens with one attached hydrogen (secondary N) is 1. The fourth-order valence-corrected chi connectivity index (χ4v) is 5.10. The highest BCUT2D eigenvalue weighted by Gasteiger charge is 2.31. The van der Waals surface area contributed by atoms with E-state index in [1.54, 1.807) is 36.1 Å². The molecule has 1 aliphatic heterocycles. The van der Waals surface area contributed by atoms with E-state index in [2.05, 4.69) is 5.32 Å². The number of urea groups is 1. The van der Waals surface area contributed by atoms with Gasteiger partial charge >= 0.3 is 6.03 Å². The van der Waals surface area contributed by atoms with Crippen molar-refractivity contribution in [3.63, 3.8) is 0 Å². The molecule has 0 spiro atoms. The molecular weight excluding hydrogens is 393 g/mol. The van der Waals surface area contributed by atoms with Crippen LogP contribution in [0, 0.1) is 19.7 Å². The van der Waals surface area contributed by atoms with Gasteiger partial charge in [-0.1, -0.05) is 30.3 Å². The topological polar surface area (TPSA) is 69.7 Å². The highest BCUT2D eigenvalue weighted by atomic mass is 32.2. The summed E-state index contributed by atoms with van der Waals surface area (Å²) in [7, 11) is -3.59. The predicted octanol–water partition coefficient (Wildman–Crippen LogP) is 2.70. The Morgan fingerprint density at radius 1 is 1.07 bits per heavy atom. The van der Waals surface area contributed by atoms with E-state index in [0.717, 1.165) is 5.56 Å². The fourth-order valence-electron chi connectivity index (χ4n) is 3.37. The van der Waals surface area contributed by atoms with Crippen molar-refractivity contribution in [2.75, 3.05) is 32.7 Å². The molecule has 1 saturated heterocycles. The first kappa shape index (κ1) is 21.3. The van der Waals surface area contributed by atoms with Crippen LogP contribution in [-0.4, -0.2) is 56.4 Å². The van der Waals surface area contributed by atoms with Crippen LogP contribution in [0.15, 0.2) is 47.4 Å². The summed E-state index contributed by atoms with van der Waals surface area (Å²) < 4.78 is 41.0. The monoisotopic (exact) mass is 419 g/mol. The summed E-state index contributed by atoms with van der Waals surface area (Å²) in [5.74, 6) is -0.285. The van der Waals surface area contributed by atoms with E-state index in [-0.39, 0.29) is 24.9 Å². The number of nitrogens with zero attached hydrogens (tertiary/aromatic N) is 2. The molecule has 0 radical (unpaired) electrons. The van der Waals surface area contributed by atoms with Crippen molar-refractivity contribution in [1.82, 2.24) is 14.5 Å². The molecule has 2 aromatic carbocycles. The highest BCUT2D eigenvalue weighted by molar-refractivity contribution is 7.89. The van der Waals surface area contributed by atoms with Crippen molar-refractivity contribution < 1.29 is 17.6 Å². The maximum atomic E-state index is 13.6. The highest BCUT2D eigenvalue weighted by Crippen LogP contribution is 2.22. The molecule has 1 fully saturated rings. The molecular formula is C21H26FN3O3S. The second-order valence-corrected chi connectivity index (χ2v) is 9.14. The van der Waals surface area contributed by atoms with Gasteiger partial charge in [-0.3, -0.25) is 0 Å². The van der Waals surface area contributed by atoms with Crippen LogP contribution >= 0.6 is 0 Å². The van der Waals surface area contributed by atoms with Crippen LogP contribution in [0.1, 0.15) is 16.7 Å². The Kier molecular flexibility index (Phi) is 6.54. The van der Waals surface area contributed by atoms with Crippen LogP contribution in [-0.2, 0) is 16.4 Å². The number of hydrogen-bond donors (Lipinski definition) is 1. The van der Waals surface area contributed by atoms with Gasteiger partial charge in [0.15, 0.2) is 0 Å². The van der Waals surface area contributed by atoms with Crippen molar-refractivity contribution in [1.29, 1.82) is 0 Å². The Morgan fingerprint density at radius 3 is 2.45 bits per heavy atom. The Hall–Kier alpha value is -2.45. The Labute approximate surface area is 171 Å². The van der Waals surface area contributed by atoms with Gasteiger partial charge in [-0.05, 0) is 49.1 Å².